The summed E-state index contributed by atoms with van der Waals surface area (Å²) in [7, 11) is 0. The summed E-state index contributed by atoms with van der Waals surface area (Å²) in [5.41, 5.74) is 3.11. The highest BCUT2D eigenvalue weighted by Crippen LogP contribution is 2.20. The molecule has 4 heteroatoms. The van der Waals surface area contributed by atoms with Crippen molar-refractivity contribution >= 4 is 5.82 Å². The highest BCUT2D eigenvalue weighted by molar-refractivity contribution is 5.62. The number of rotatable bonds is 5. The van der Waals surface area contributed by atoms with Crippen molar-refractivity contribution in [1.29, 1.82) is 0 Å². The number of nitrogens with one attached hydrogen (secondary N) is 1. The largest absolute Gasteiger partial charge is 0.370 e. The summed E-state index contributed by atoms with van der Waals surface area (Å²) in [5, 5.41) is 3.32. The van der Waals surface area contributed by atoms with Crippen LogP contribution in [0.3, 0.4) is 0 Å². The second-order valence-corrected chi connectivity index (χ2v) is 4.59. The maximum atomic E-state index is 4.58. The van der Waals surface area contributed by atoms with E-state index in [1.54, 1.807) is 0 Å². The Morgan fingerprint density at radius 1 is 1.11 bits per heavy atom. The van der Waals surface area contributed by atoms with Gasteiger partial charge in [-0.25, -0.2) is 9.97 Å². The third kappa shape index (κ3) is 3.50. The van der Waals surface area contributed by atoms with Crippen molar-refractivity contribution < 1.29 is 0 Å². The molecule has 0 atom stereocenters. The highest BCUT2D eigenvalue weighted by atomic mass is 15.0. The summed E-state index contributed by atoms with van der Waals surface area (Å²) in [5.74, 6) is 1.75. The predicted molar refractivity (Wildman–Crippen MR) is 78.2 cm³/mol. The van der Waals surface area contributed by atoms with Gasteiger partial charge in [0.1, 0.15) is 11.6 Å². The fraction of sp³-hybridized carbons (Fsp3) is 0.400. The Kier molecular flexibility index (Phi) is 4.44. The van der Waals surface area contributed by atoms with Gasteiger partial charge in [-0.15, -0.1) is 0 Å². The molecular formula is C15H20N4. The van der Waals surface area contributed by atoms with Crippen LogP contribution in [0.1, 0.15) is 31.7 Å². The van der Waals surface area contributed by atoms with Crippen molar-refractivity contribution in [2.24, 2.45) is 0 Å². The first-order chi connectivity index (χ1) is 9.22. The average Bonchev–Trinajstić information content (AvgIpc) is 2.44. The first kappa shape index (κ1) is 13.5. The standard InChI is InChI=1S/C15H20N4/c1-4-6-17-15-8-13(18-14(5-2)19-15)12-7-11(3)9-16-10-12/h7-10H,4-6H2,1-3H3,(H,17,18,19). The third-order valence-electron chi connectivity index (χ3n) is 2.82. The van der Waals surface area contributed by atoms with Crippen LogP contribution in [0.5, 0.6) is 0 Å². The second kappa shape index (κ2) is 6.27. The summed E-state index contributed by atoms with van der Waals surface area (Å²) in [6.45, 7) is 7.16. The van der Waals surface area contributed by atoms with Gasteiger partial charge >= 0.3 is 0 Å². The lowest BCUT2D eigenvalue weighted by molar-refractivity contribution is 0.919. The predicted octanol–water partition coefficient (Wildman–Crippen LogP) is 3.23. The third-order valence-corrected chi connectivity index (χ3v) is 2.82. The van der Waals surface area contributed by atoms with Gasteiger partial charge in [0.2, 0.25) is 0 Å². The van der Waals surface area contributed by atoms with Crippen LogP contribution in [0.15, 0.2) is 24.5 Å². The van der Waals surface area contributed by atoms with Gasteiger partial charge in [0.15, 0.2) is 0 Å². The van der Waals surface area contributed by atoms with E-state index in [0.29, 0.717) is 0 Å². The van der Waals surface area contributed by atoms with Gasteiger partial charge in [-0.3, -0.25) is 4.98 Å². The fourth-order valence-corrected chi connectivity index (χ4v) is 1.84. The molecule has 100 valence electrons. The number of aryl methyl sites for hydroxylation is 2. The van der Waals surface area contributed by atoms with Crippen LogP contribution in [0.2, 0.25) is 0 Å². The van der Waals surface area contributed by atoms with Crippen molar-refractivity contribution in [3.8, 4) is 11.3 Å². The molecule has 0 bridgehead atoms. The quantitative estimate of drug-likeness (QED) is 0.892. The van der Waals surface area contributed by atoms with Crippen LogP contribution in [-0.4, -0.2) is 21.5 Å². The minimum Gasteiger partial charge on any atom is -0.370 e. The van der Waals surface area contributed by atoms with Crippen LogP contribution in [-0.2, 0) is 6.42 Å². The Hall–Kier alpha value is -1.97. The molecule has 0 aliphatic heterocycles. The van der Waals surface area contributed by atoms with E-state index >= 15 is 0 Å². The maximum Gasteiger partial charge on any atom is 0.131 e. The van der Waals surface area contributed by atoms with Gasteiger partial charge in [0.25, 0.3) is 0 Å². The summed E-state index contributed by atoms with van der Waals surface area (Å²) >= 11 is 0. The normalized spacial score (nSPS) is 10.5. The van der Waals surface area contributed by atoms with Crippen molar-refractivity contribution in [1.82, 2.24) is 15.0 Å². The molecule has 1 N–H and O–H groups in total. The van der Waals surface area contributed by atoms with Crippen molar-refractivity contribution in [3.63, 3.8) is 0 Å². The molecule has 2 heterocycles. The summed E-state index contributed by atoms with van der Waals surface area (Å²) in [6, 6.07) is 4.09. The molecule has 4 nitrogen and oxygen atoms in total. The highest BCUT2D eigenvalue weighted by Gasteiger charge is 2.06. The van der Waals surface area contributed by atoms with E-state index in [0.717, 1.165) is 47.8 Å². The first-order valence-corrected chi connectivity index (χ1v) is 6.76. The molecule has 0 amide bonds. The van der Waals surface area contributed by atoms with Crippen LogP contribution in [0.4, 0.5) is 5.82 Å². The van der Waals surface area contributed by atoms with Gasteiger partial charge in [-0.05, 0) is 25.0 Å². The molecule has 0 spiro atoms. The zero-order valence-corrected chi connectivity index (χ0v) is 11.8. The fourth-order valence-electron chi connectivity index (χ4n) is 1.84. The Morgan fingerprint density at radius 2 is 1.95 bits per heavy atom. The molecule has 0 aliphatic rings. The summed E-state index contributed by atoms with van der Waals surface area (Å²) in [6.07, 6.45) is 5.60. The Labute approximate surface area is 114 Å². The maximum absolute atomic E-state index is 4.58. The van der Waals surface area contributed by atoms with Crippen molar-refractivity contribution in [2.45, 2.75) is 33.6 Å². The lowest BCUT2D eigenvalue weighted by Crippen LogP contribution is -2.05. The molecule has 0 aliphatic carbocycles. The Morgan fingerprint density at radius 3 is 2.63 bits per heavy atom. The van der Waals surface area contributed by atoms with Gasteiger partial charge in [-0.1, -0.05) is 13.8 Å². The Balaban J connectivity index is 2.38. The molecule has 0 radical (unpaired) electrons. The van der Waals surface area contributed by atoms with Crippen LogP contribution in [0.25, 0.3) is 11.3 Å². The van der Waals surface area contributed by atoms with Gasteiger partial charge in [-0.2, -0.15) is 0 Å². The summed E-state index contributed by atoms with van der Waals surface area (Å²) in [4.78, 5) is 13.3. The first-order valence-electron chi connectivity index (χ1n) is 6.76. The molecule has 2 rings (SSSR count). The average molecular weight is 256 g/mol. The molecule has 2 aromatic rings. The van der Waals surface area contributed by atoms with E-state index in [9.17, 15) is 0 Å². The van der Waals surface area contributed by atoms with E-state index in [4.69, 9.17) is 0 Å². The number of aromatic nitrogens is 3. The van der Waals surface area contributed by atoms with E-state index < -0.39 is 0 Å². The monoisotopic (exact) mass is 256 g/mol. The van der Waals surface area contributed by atoms with E-state index in [1.165, 1.54) is 0 Å². The topological polar surface area (TPSA) is 50.7 Å². The number of anilines is 1. The van der Waals surface area contributed by atoms with Crippen LogP contribution in [0, 0.1) is 6.92 Å². The number of nitrogens with zero attached hydrogens (tertiary/aromatic N) is 3. The number of hydrogen-bond donors (Lipinski definition) is 1. The minimum atomic E-state index is 0.827. The molecule has 0 saturated carbocycles. The molecule has 0 saturated heterocycles. The lowest BCUT2D eigenvalue weighted by Gasteiger charge is -2.09. The number of hydrogen-bond acceptors (Lipinski definition) is 4. The Bertz CT molecular complexity index is 552. The van der Waals surface area contributed by atoms with Crippen LogP contribution < -0.4 is 5.32 Å². The van der Waals surface area contributed by atoms with Crippen molar-refractivity contribution in [2.75, 3.05) is 11.9 Å². The summed E-state index contributed by atoms with van der Waals surface area (Å²) < 4.78 is 0. The zero-order chi connectivity index (χ0) is 13.7. The van der Waals surface area contributed by atoms with Gasteiger partial charge in [0.05, 0.1) is 5.69 Å². The molecule has 0 unspecified atom stereocenters. The van der Waals surface area contributed by atoms with E-state index in [-0.39, 0.29) is 0 Å². The second-order valence-electron chi connectivity index (χ2n) is 4.59. The minimum absolute atomic E-state index is 0.827. The van der Waals surface area contributed by atoms with Gasteiger partial charge in [0, 0.05) is 37.0 Å². The SMILES string of the molecule is CCCNc1cc(-c2cncc(C)c2)nc(CC)n1. The zero-order valence-electron chi connectivity index (χ0n) is 11.8. The van der Waals surface area contributed by atoms with Crippen molar-refractivity contribution in [3.05, 3.63) is 35.9 Å². The molecule has 0 fully saturated rings. The lowest BCUT2D eigenvalue weighted by atomic mass is 10.1. The molecule has 19 heavy (non-hydrogen) atoms. The number of pyridine rings is 1. The van der Waals surface area contributed by atoms with Crippen LogP contribution >= 0.6 is 0 Å². The van der Waals surface area contributed by atoms with Gasteiger partial charge < -0.3 is 5.32 Å². The van der Waals surface area contributed by atoms with E-state index in [2.05, 4.69) is 40.2 Å². The molecular weight excluding hydrogens is 236 g/mol. The smallest absolute Gasteiger partial charge is 0.131 e. The molecule has 2 aromatic heterocycles. The molecule has 0 aromatic carbocycles. The van der Waals surface area contributed by atoms with E-state index in [1.807, 2.05) is 25.4 Å².